The zero-order chi connectivity index (χ0) is 13.0. The van der Waals surface area contributed by atoms with E-state index in [-0.39, 0.29) is 18.4 Å². The van der Waals surface area contributed by atoms with Gasteiger partial charge in [-0.05, 0) is 25.0 Å². The van der Waals surface area contributed by atoms with Crippen molar-refractivity contribution in [1.82, 2.24) is 10.3 Å². The Morgan fingerprint density at radius 3 is 2.65 bits per heavy atom. The number of pyridine rings is 1. The van der Waals surface area contributed by atoms with Gasteiger partial charge in [0.05, 0.1) is 6.10 Å². The van der Waals surface area contributed by atoms with Crippen LogP contribution in [0.15, 0.2) is 12.1 Å². The molecular weight excluding hydrogens is 240 g/mol. The first-order chi connectivity index (χ1) is 7.90. The molecule has 1 atom stereocenters. The highest BCUT2D eigenvalue weighted by Crippen LogP contribution is 2.17. The molecule has 0 saturated carbocycles. The number of halogens is 1. The minimum atomic E-state index is -0.569. The quantitative estimate of drug-likeness (QED) is 0.810. The van der Waals surface area contributed by atoms with Gasteiger partial charge < -0.3 is 10.4 Å². The van der Waals surface area contributed by atoms with Crippen molar-refractivity contribution in [2.24, 2.45) is 0 Å². The zero-order valence-corrected chi connectivity index (χ0v) is 11.0. The van der Waals surface area contributed by atoms with Gasteiger partial charge in [-0.3, -0.25) is 4.79 Å². The molecule has 0 unspecified atom stereocenters. The van der Waals surface area contributed by atoms with E-state index in [9.17, 15) is 4.79 Å². The molecule has 0 aliphatic heterocycles. The molecule has 1 aromatic rings. The number of nitrogens with one attached hydrogen (secondary N) is 1. The summed E-state index contributed by atoms with van der Waals surface area (Å²) in [6.07, 6.45) is -0.569. The first-order valence-electron chi connectivity index (χ1n) is 5.54. The second kappa shape index (κ2) is 5.98. The molecule has 0 aliphatic rings. The van der Waals surface area contributed by atoms with Crippen molar-refractivity contribution in [1.29, 1.82) is 0 Å². The maximum Gasteiger partial charge on any atom is 0.251 e. The minimum Gasteiger partial charge on any atom is -0.392 e. The fourth-order valence-electron chi connectivity index (χ4n) is 1.29. The lowest BCUT2D eigenvalue weighted by Gasteiger charge is -2.10. The Hall–Kier alpha value is -1.13. The average molecular weight is 257 g/mol. The largest absolute Gasteiger partial charge is 0.392 e. The molecule has 1 rings (SSSR count). The summed E-state index contributed by atoms with van der Waals surface area (Å²) < 4.78 is 0. The van der Waals surface area contributed by atoms with E-state index in [1.54, 1.807) is 13.0 Å². The van der Waals surface area contributed by atoms with E-state index >= 15 is 0 Å². The van der Waals surface area contributed by atoms with Crippen molar-refractivity contribution in [2.75, 3.05) is 6.54 Å². The highest BCUT2D eigenvalue weighted by molar-refractivity contribution is 6.29. The Kier molecular flexibility index (Phi) is 4.90. The van der Waals surface area contributed by atoms with E-state index in [1.165, 1.54) is 6.07 Å². The van der Waals surface area contributed by atoms with Crippen molar-refractivity contribution in [3.05, 3.63) is 28.5 Å². The van der Waals surface area contributed by atoms with Crippen LogP contribution in [0.2, 0.25) is 5.15 Å². The molecule has 0 saturated heterocycles. The second-order valence-corrected chi connectivity index (χ2v) is 4.70. The number of aliphatic hydroxyl groups excluding tert-OH is 1. The molecule has 0 radical (unpaired) electrons. The van der Waals surface area contributed by atoms with Crippen LogP contribution in [0.25, 0.3) is 0 Å². The number of aromatic nitrogens is 1. The van der Waals surface area contributed by atoms with Crippen molar-refractivity contribution < 1.29 is 9.90 Å². The number of aliphatic hydroxyl groups is 1. The molecule has 5 heteroatoms. The number of hydrogen-bond acceptors (Lipinski definition) is 3. The summed E-state index contributed by atoms with van der Waals surface area (Å²) in [6, 6.07) is 3.23. The summed E-state index contributed by atoms with van der Waals surface area (Å²) in [5.41, 5.74) is 1.24. The fraction of sp³-hybridized carbons (Fsp3) is 0.500. The molecule has 0 fully saturated rings. The van der Waals surface area contributed by atoms with Crippen LogP contribution < -0.4 is 5.32 Å². The second-order valence-electron chi connectivity index (χ2n) is 4.32. The Labute approximate surface area is 106 Å². The number of rotatable bonds is 4. The van der Waals surface area contributed by atoms with E-state index in [0.29, 0.717) is 10.7 Å². The summed E-state index contributed by atoms with van der Waals surface area (Å²) in [6.45, 7) is 5.79. The molecule has 0 spiro atoms. The third kappa shape index (κ3) is 4.32. The van der Waals surface area contributed by atoms with E-state index in [0.717, 1.165) is 5.69 Å². The van der Waals surface area contributed by atoms with Crippen molar-refractivity contribution in [3.8, 4) is 0 Å². The van der Waals surface area contributed by atoms with Crippen LogP contribution in [-0.2, 0) is 0 Å². The summed E-state index contributed by atoms with van der Waals surface area (Å²) in [5, 5.41) is 12.0. The average Bonchev–Trinajstić information content (AvgIpc) is 2.24. The van der Waals surface area contributed by atoms with E-state index in [2.05, 4.69) is 10.3 Å². The van der Waals surface area contributed by atoms with Crippen molar-refractivity contribution >= 4 is 17.5 Å². The summed E-state index contributed by atoms with van der Waals surface area (Å²) in [4.78, 5) is 15.9. The Balaban J connectivity index is 2.86. The van der Waals surface area contributed by atoms with Gasteiger partial charge in [0.25, 0.3) is 5.91 Å². The zero-order valence-electron chi connectivity index (χ0n) is 10.2. The number of carbonyl (C=O) groups is 1. The lowest BCUT2D eigenvalue weighted by molar-refractivity contribution is 0.0924. The Bertz CT molecular complexity index is 405. The van der Waals surface area contributed by atoms with Gasteiger partial charge in [0.15, 0.2) is 0 Å². The van der Waals surface area contributed by atoms with Gasteiger partial charge in [-0.2, -0.15) is 0 Å². The van der Waals surface area contributed by atoms with Gasteiger partial charge >= 0.3 is 0 Å². The van der Waals surface area contributed by atoms with Gasteiger partial charge in [0.1, 0.15) is 5.15 Å². The predicted octanol–water partition coefficient (Wildman–Crippen LogP) is 1.97. The van der Waals surface area contributed by atoms with Crippen LogP contribution in [0.5, 0.6) is 0 Å². The molecule has 4 nitrogen and oxygen atoms in total. The third-order valence-electron chi connectivity index (χ3n) is 2.23. The highest BCUT2D eigenvalue weighted by Gasteiger charge is 2.11. The molecule has 1 aromatic heterocycles. The molecule has 1 heterocycles. The lowest BCUT2D eigenvalue weighted by Crippen LogP contribution is -2.30. The van der Waals surface area contributed by atoms with Crippen molar-refractivity contribution in [3.63, 3.8) is 0 Å². The van der Waals surface area contributed by atoms with E-state index in [1.807, 2.05) is 13.8 Å². The molecule has 0 bridgehead atoms. The maximum atomic E-state index is 11.8. The summed E-state index contributed by atoms with van der Waals surface area (Å²) in [7, 11) is 0. The van der Waals surface area contributed by atoms with Gasteiger partial charge in [-0.1, -0.05) is 25.4 Å². The SMILES string of the molecule is CC(C)c1cc(C(=O)NC[C@@H](C)O)cc(Cl)n1. The molecule has 1 amide bonds. The summed E-state index contributed by atoms with van der Waals surface area (Å²) >= 11 is 5.86. The topological polar surface area (TPSA) is 62.2 Å². The van der Waals surface area contributed by atoms with Crippen LogP contribution in [-0.4, -0.2) is 28.6 Å². The van der Waals surface area contributed by atoms with Gasteiger partial charge in [-0.15, -0.1) is 0 Å². The molecule has 0 aromatic carbocycles. The van der Waals surface area contributed by atoms with Crippen LogP contribution in [0.3, 0.4) is 0 Å². The third-order valence-corrected chi connectivity index (χ3v) is 2.42. The van der Waals surface area contributed by atoms with Gasteiger partial charge in [-0.25, -0.2) is 4.98 Å². The monoisotopic (exact) mass is 256 g/mol. The standard InChI is InChI=1S/C12H17ClN2O2/c1-7(2)10-4-9(5-11(13)15-10)12(17)14-6-8(3)16/h4-5,7-8,16H,6H2,1-3H3,(H,14,17)/t8-/m1/s1. The van der Waals surface area contributed by atoms with E-state index in [4.69, 9.17) is 16.7 Å². The van der Waals surface area contributed by atoms with Crippen LogP contribution in [0, 0.1) is 0 Å². The number of amides is 1. The molecule has 0 aliphatic carbocycles. The van der Waals surface area contributed by atoms with Crippen molar-refractivity contribution in [2.45, 2.75) is 32.8 Å². The molecule has 17 heavy (non-hydrogen) atoms. The van der Waals surface area contributed by atoms with Crippen LogP contribution in [0.1, 0.15) is 42.7 Å². The van der Waals surface area contributed by atoms with Crippen LogP contribution >= 0.6 is 11.6 Å². The molecule has 94 valence electrons. The first-order valence-corrected chi connectivity index (χ1v) is 5.91. The van der Waals surface area contributed by atoms with Gasteiger partial charge in [0.2, 0.25) is 0 Å². The fourth-order valence-corrected chi connectivity index (χ4v) is 1.50. The minimum absolute atomic E-state index is 0.206. The lowest BCUT2D eigenvalue weighted by atomic mass is 10.1. The molecule has 2 N–H and O–H groups in total. The number of carbonyl (C=O) groups excluding carboxylic acids is 1. The molecular formula is C12H17ClN2O2. The number of hydrogen-bond donors (Lipinski definition) is 2. The van der Waals surface area contributed by atoms with Crippen LogP contribution in [0.4, 0.5) is 0 Å². The first kappa shape index (κ1) is 13.9. The summed E-state index contributed by atoms with van der Waals surface area (Å²) in [5.74, 6) is -0.0471. The predicted molar refractivity (Wildman–Crippen MR) is 67.4 cm³/mol. The Morgan fingerprint density at radius 1 is 1.47 bits per heavy atom. The van der Waals surface area contributed by atoms with Gasteiger partial charge in [0, 0.05) is 17.8 Å². The maximum absolute atomic E-state index is 11.8. The smallest absolute Gasteiger partial charge is 0.251 e. The Morgan fingerprint density at radius 2 is 2.12 bits per heavy atom. The normalized spacial score (nSPS) is 12.6. The number of nitrogens with zero attached hydrogens (tertiary/aromatic N) is 1. The van der Waals surface area contributed by atoms with E-state index < -0.39 is 6.10 Å². The highest BCUT2D eigenvalue weighted by atomic mass is 35.5.